The van der Waals surface area contributed by atoms with Gasteiger partial charge in [-0.05, 0) is 6.07 Å². The molecule has 0 aliphatic carbocycles. The number of anilines is 4. The summed E-state index contributed by atoms with van der Waals surface area (Å²) in [7, 11) is 0. The molecule has 0 unspecified atom stereocenters. The third-order valence-corrected chi connectivity index (χ3v) is 4.64. The monoisotopic (exact) mass is 350 g/mol. The quantitative estimate of drug-likeness (QED) is 0.575. The van der Waals surface area contributed by atoms with Crippen molar-refractivity contribution < 1.29 is 0 Å². The van der Waals surface area contributed by atoms with E-state index in [-0.39, 0.29) is 37.2 Å². The van der Waals surface area contributed by atoms with E-state index in [1.165, 1.54) is 0 Å². The Hall–Kier alpha value is -1.20. The van der Waals surface area contributed by atoms with Gasteiger partial charge in [0.25, 0.3) is 0 Å². The lowest BCUT2D eigenvalue weighted by Crippen LogP contribution is -2.04. The second kappa shape index (κ2) is 5.30. The van der Waals surface area contributed by atoms with E-state index in [4.69, 9.17) is 69.3 Å². The summed E-state index contributed by atoms with van der Waals surface area (Å²) in [6, 6.07) is 3.22. The minimum absolute atomic E-state index is 0.109. The second-order valence-electron chi connectivity index (χ2n) is 4.07. The van der Waals surface area contributed by atoms with Crippen molar-refractivity contribution in [2.24, 2.45) is 0 Å². The van der Waals surface area contributed by atoms with Crippen LogP contribution in [0, 0.1) is 0 Å². The molecule has 8 N–H and O–H groups in total. The predicted molar refractivity (Wildman–Crippen MR) is 89.6 cm³/mol. The lowest BCUT2D eigenvalue weighted by Gasteiger charge is -2.17. The molecule has 0 atom stereocenters. The van der Waals surface area contributed by atoms with Gasteiger partial charge in [0.05, 0.1) is 42.8 Å². The van der Waals surface area contributed by atoms with E-state index < -0.39 is 0 Å². The van der Waals surface area contributed by atoms with Crippen LogP contribution in [0.2, 0.25) is 20.1 Å². The Morgan fingerprint density at radius 3 is 1.80 bits per heavy atom. The molecule has 0 radical (unpaired) electrons. The number of rotatable bonds is 1. The molecule has 0 saturated heterocycles. The van der Waals surface area contributed by atoms with Gasteiger partial charge >= 0.3 is 0 Å². The fourth-order valence-corrected chi connectivity index (χ4v) is 2.70. The maximum atomic E-state index is 6.19. The molecular weight excluding hydrogens is 342 g/mol. The van der Waals surface area contributed by atoms with Crippen LogP contribution in [0.1, 0.15) is 0 Å². The van der Waals surface area contributed by atoms with Crippen LogP contribution in [-0.4, -0.2) is 0 Å². The summed E-state index contributed by atoms with van der Waals surface area (Å²) in [5.74, 6) is 0. The molecule has 0 aliphatic rings. The van der Waals surface area contributed by atoms with Crippen LogP contribution in [0.5, 0.6) is 0 Å². The van der Waals surface area contributed by atoms with Gasteiger partial charge in [-0.15, -0.1) is 0 Å². The Morgan fingerprint density at radius 1 is 0.600 bits per heavy atom. The van der Waals surface area contributed by atoms with Gasteiger partial charge in [0.15, 0.2) is 0 Å². The van der Waals surface area contributed by atoms with E-state index in [1.54, 1.807) is 12.1 Å². The largest absolute Gasteiger partial charge is 0.397 e. The van der Waals surface area contributed by atoms with Gasteiger partial charge in [-0.1, -0.05) is 52.5 Å². The second-order valence-corrected chi connectivity index (χ2v) is 5.59. The van der Waals surface area contributed by atoms with Crippen molar-refractivity contribution in [1.29, 1.82) is 0 Å². The number of nitrogens with two attached hydrogens (primary N) is 4. The minimum Gasteiger partial charge on any atom is -0.397 e. The van der Waals surface area contributed by atoms with E-state index in [2.05, 4.69) is 0 Å². The molecule has 0 aliphatic heterocycles. The number of benzene rings is 2. The average Bonchev–Trinajstić information content (AvgIpc) is 2.43. The van der Waals surface area contributed by atoms with Gasteiger partial charge in [-0.2, -0.15) is 0 Å². The first-order valence-corrected chi connectivity index (χ1v) is 6.83. The summed E-state index contributed by atoms with van der Waals surface area (Å²) in [6.07, 6.45) is 0. The maximum Gasteiger partial charge on any atom is 0.0850 e. The van der Waals surface area contributed by atoms with Gasteiger partial charge in [-0.3, -0.25) is 0 Å². The zero-order chi connectivity index (χ0) is 15.2. The summed E-state index contributed by atoms with van der Waals surface area (Å²) in [6.45, 7) is 0. The number of nitrogen functional groups attached to an aromatic ring is 4. The van der Waals surface area contributed by atoms with Crippen LogP contribution >= 0.6 is 46.4 Å². The zero-order valence-corrected chi connectivity index (χ0v) is 13.0. The molecule has 0 aromatic heterocycles. The number of halogens is 4. The van der Waals surface area contributed by atoms with Gasteiger partial charge in [-0.25, -0.2) is 0 Å². The van der Waals surface area contributed by atoms with E-state index in [0.29, 0.717) is 16.8 Å². The summed E-state index contributed by atoms with van der Waals surface area (Å²) < 4.78 is 0. The van der Waals surface area contributed by atoms with Crippen molar-refractivity contribution in [1.82, 2.24) is 0 Å². The molecule has 0 fully saturated rings. The van der Waals surface area contributed by atoms with Crippen molar-refractivity contribution in [2.75, 3.05) is 22.9 Å². The van der Waals surface area contributed by atoms with E-state index in [9.17, 15) is 0 Å². The van der Waals surface area contributed by atoms with Crippen LogP contribution in [0.15, 0.2) is 12.1 Å². The van der Waals surface area contributed by atoms with E-state index >= 15 is 0 Å². The summed E-state index contributed by atoms with van der Waals surface area (Å²) >= 11 is 24.4. The maximum absolute atomic E-state index is 6.19. The molecule has 0 spiro atoms. The first kappa shape index (κ1) is 15.2. The summed E-state index contributed by atoms with van der Waals surface area (Å²) in [5, 5.41) is 0.669. The molecule has 0 bridgehead atoms. The highest BCUT2D eigenvalue weighted by Gasteiger charge is 2.21. The fraction of sp³-hybridized carbons (Fsp3) is 0. The SMILES string of the molecule is Nc1ccc(-c2c(N)c(N)c(N)c(Cl)c2Cl)c(Cl)c1Cl. The number of hydrogen-bond acceptors (Lipinski definition) is 4. The molecule has 0 amide bonds. The first-order chi connectivity index (χ1) is 9.27. The topological polar surface area (TPSA) is 104 Å². The average molecular weight is 352 g/mol. The molecule has 2 rings (SSSR count). The van der Waals surface area contributed by atoms with Gasteiger partial charge in [0, 0.05) is 11.1 Å². The Morgan fingerprint density at radius 2 is 1.20 bits per heavy atom. The van der Waals surface area contributed by atoms with Crippen molar-refractivity contribution >= 4 is 69.2 Å². The Kier molecular flexibility index (Phi) is 4.02. The van der Waals surface area contributed by atoms with Gasteiger partial charge in [0.1, 0.15) is 0 Å². The lowest BCUT2D eigenvalue weighted by atomic mass is 10.0. The third kappa shape index (κ3) is 2.19. The highest BCUT2D eigenvalue weighted by molar-refractivity contribution is 6.48. The van der Waals surface area contributed by atoms with E-state index in [0.717, 1.165) is 0 Å². The molecule has 0 heterocycles. The van der Waals surface area contributed by atoms with Gasteiger partial charge in [0.2, 0.25) is 0 Å². The van der Waals surface area contributed by atoms with Crippen molar-refractivity contribution in [3.05, 3.63) is 32.2 Å². The fourth-order valence-electron chi connectivity index (χ4n) is 1.76. The number of hydrogen-bond donors (Lipinski definition) is 4. The molecule has 8 heteroatoms. The first-order valence-electron chi connectivity index (χ1n) is 5.32. The molecule has 2 aromatic rings. The molecule has 4 nitrogen and oxygen atoms in total. The standard InChI is InChI=1S/C12H10Cl4N4/c13-6-3(1-2-4(17)7(6)14)5-8(15)9(16)11(19)12(20)10(5)18/h1-2H,17-20H2. The zero-order valence-electron chi connectivity index (χ0n) is 9.98. The Balaban J connectivity index is 2.87. The smallest absolute Gasteiger partial charge is 0.0850 e. The normalized spacial score (nSPS) is 10.8. The molecular formula is C12H10Cl4N4. The van der Waals surface area contributed by atoms with E-state index in [1.807, 2.05) is 0 Å². The summed E-state index contributed by atoms with van der Waals surface area (Å²) in [5.41, 5.74) is 24.8. The highest BCUT2D eigenvalue weighted by atomic mass is 35.5. The molecule has 106 valence electrons. The van der Waals surface area contributed by atoms with Crippen molar-refractivity contribution in [3.8, 4) is 11.1 Å². The van der Waals surface area contributed by atoms with Crippen LogP contribution in [-0.2, 0) is 0 Å². The minimum atomic E-state index is 0.109. The molecule has 0 saturated carbocycles. The van der Waals surface area contributed by atoms with Crippen LogP contribution < -0.4 is 22.9 Å². The predicted octanol–water partition coefficient (Wildman–Crippen LogP) is 4.30. The molecule has 2 aromatic carbocycles. The van der Waals surface area contributed by atoms with Crippen LogP contribution in [0.4, 0.5) is 22.7 Å². The Labute approximate surface area is 135 Å². The Bertz CT molecular complexity index is 686. The van der Waals surface area contributed by atoms with Crippen LogP contribution in [0.25, 0.3) is 11.1 Å². The third-order valence-electron chi connectivity index (χ3n) is 2.88. The lowest BCUT2D eigenvalue weighted by molar-refractivity contribution is 1.59. The van der Waals surface area contributed by atoms with Crippen molar-refractivity contribution in [3.63, 3.8) is 0 Å². The summed E-state index contributed by atoms with van der Waals surface area (Å²) in [4.78, 5) is 0. The van der Waals surface area contributed by atoms with Crippen molar-refractivity contribution in [2.45, 2.75) is 0 Å². The van der Waals surface area contributed by atoms with Crippen LogP contribution in [0.3, 0.4) is 0 Å². The highest BCUT2D eigenvalue weighted by Crippen LogP contribution is 2.49. The van der Waals surface area contributed by atoms with Gasteiger partial charge < -0.3 is 22.9 Å². The molecule has 20 heavy (non-hydrogen) atoms.